The summed E-state index contributed by atoms with van der Waals surface area (Å²) in [4.78, 5) is 12.2. The zero-order valence-corrected chi connectivity index (χ0v) is 4.46. The molecule has 0 saturated heterocycles. The van der Waals surface area contributed by atoms with E-state index in [0.29, 0.717) is 6.29 Å². The highest BCUT2D eigenvalue weighted by Crippen LogP contribution is 2.22. The zero-order valence-electron chi connectivity index (χ0n) is 4.46. The third kappa shape index (κ3) is 0.739. The fourth-order valence-electron chi connectivity index (χ4n) is 0.530. The quantitative estimate of drug-likeness (QED) is 0.473. The minimum Gasteiger partial charge on any atom is -0.505 e. The van der Waals surface area contributed by atoms with Crippen molar-refractivity contribution in [3.05, 3.63) is 11.8 Å². The predicted octanol–water partition coefficient (Wildman–Crippen LogP) is 0.238. The van der Waals surface area contributed by atoms with Gasteiger partial charge in [-0.25, -0.2) is 0 Å². The van der Waals surface area contributed by atoms with Crippen LogP contribution in [0.1, 0.15) is 10.4 Å². The second-order valence-corrected chi connectivity index (χ2v) is 1.55. The summed E-state index contributed by atoms with van der Waals surface area (Å²) in [5, 5.41) is 17.4. The van der Waals surface area contributed by atoms with Gasteiger partial charge in [0, 0.05) is 6.20 Å². The van der Waals surface area contributed by atoms with Gasteiger partial charge in [0.15, 0.2) is 6.29 Å². The first-order valence-electron chi connectivity index (χ1n) is 2.30. The molecule has 1 heterocycles. The van der Waals surface area contributed by atoms with Crippen LogP contribution in [0.4, 0.5) is 0 Å². The summed E-state index contributed by atoms with van der Waals surface area (Å²) in [5.41, 5.74) is -0.102. The Labute approximate surface area is 50.8 Å². The summed E-state index contributed by atoms with van der Waals surface area (Å²) in [5.74, 6) is -0.537. The van der Waals surface area contributed by atoms with Crippen LogP contribution in [0.2, 0.25) is 0 Å². The molecule has 0 unspecified atom stereocenters. The Morgan fingerprint density at radius 1 is 1.56 bits per heavy atom. The van der Waals surface area contributed by atoms with Crippen molar-refractivity contribution >= 4 is 6.29 Å². The molecule has 0 atom stereocenters. The standard InChI is InChI=1S/C5H5NO3/c7-2-3-4(8)1-6-5(3)9/h1-2,6,8-9H. The van der Waals surface area contributed by atoms with Crippen LogP contribution in [-0.2, 0) is 0 Å². The first kappa shape index (κ1) is 5.68. The van der Waals surface area contributed by atoms with Crippen LogP contribution >= 0.6 is 0 Å². The number of hydrogen-bond donors (Lipinski definition) is 3. The molecule has 0 amide bonds. The molecule has 0 spiro atoms. The number of carbonyl (C=O) groups excluding carboxylic acids is 1. The van der Waals surface area contributed by atoms with Gasteiger partial charge >= 0.3 is 0 Å². The van der Waals surface area contributed by atoms with Crippen molar-refractivity contribution in [3.63, 3.8) is 0 Å². The van der Waals surface area contributed by atoms with Crippen LogP contribution < -0.4 is 0 Å². The molecule has 4 heteroatoms. The van der Waals surface area contributed by atoms with E-state index in [1.165, 1.54) is 0 Å². The van der Waals surface area contributed by atoms with E-state index in [9.17, 15) is 4.79 Å². The van der Waals surface area contributed by atoms with E-state index in [1.807, 2.05) is 0 Å². The molecule has 0 aliphatic rings. The van der Waals surface area contributed by atoms with Gasteiger partial charge in [0.25, 0.3) is 0 Å². The molecule has 0 bridgehead atoms. The lowest BCUT2D eigenvalue weighted by atomic mass is 10.3. The highest BCUT2D eigenvalue weighted by molar-refractivity contribution is 5.82. The summed E-state index contributed by atoms with van der Waals surface area (Å²) < 4.78 is 0. The highest BCUT2D eigenvalue weighted by Gasteiger charge is 2.06. The SMILES string of the molecule is O=Cc1c(O)c[nH]c1O. The van der Waals surface area contributed by atoms with Gasteiger partial charge in [-0.2, -0.15) is 0 Å². The van der Waals surface area contributed by atoms with Crippen LogP contribution in [0.25, 0.3) is 0 Å². The van der Waals surface area contributed by atoms with Crippen molar-refractivity contribution in [1.82, 2.24) is 4.98 Å². The van der Waals surface area contributed by atoms with Crippen LogP contribution in [0.3, 0.4) is 0 Å². The second kappa shape index (κ2) is 1.81. The molecule has 1 aromatic rings. The van der Waals surface area contributed by atoms with Crippen molar-refractivity contribution in [2.24, 2.45) is 0 Å². The third-order valence-corrected chi connectivity index (χ3v) is 0.995. The number of carbonyl (C=O) groups is 1. The normalized spacial score (nSPS) is 9.33. The summed E-state index contributed by atoms with van der Waals surface area (Å²) in [7, 11) is 0. The Hall–Kier alpha value is -1.45. The lowest BCUT2D eigenvalue weighted by molar-refractivity contribution is 0.111. The number of H-pyrrole nitrogens is 1. The number of aromatic nitrogens is 1. The van der Waals surface area contributed by atoms with Gasteiger partial charge < -0.3 is 15.2 Å². The van der Waals surface area contributed by atoms with Gasteiger partial charge in [-0.3, -0.25) is 4.79 Å². The van der Waals surface area contributed by atoms with Gasteiger partial charge in [-0.05, 0) is 0 Å². The average molecular weight is 127 g/mol. The van der Waals surface area contributed by atoms with Gasteiger partial charge in [0.1, 0.15) is 11.3 Å². The number of rotatable bonds is 1. The van der Waals surface area contributed by atoms with Gasteiger partial charge in [0.2, 0.25) is 5.88 Å². The molecule has 0 radical (unpaired) electrons. The van der Waals surface area contributed by atoms with E-state index in [1.54, 1.807) is 0 Å². The molecule has 3 N–H and O–H groups in total. The van der Waals surface area contributed by atoms with Crippen LogP contribution in [0.5, 0.6) is 11.6 Å². The summed E-state index contributed by atoms with van der Waals surface area (Å²) in [6, 6.07) is 0. The molecular formula is C5H5NO3. The van der Waals surface area contributed by atoms with Crippen LogP contribution in [-0.4, -0.2) is 21.5 Å². The minimum absolute atomic E-state index is 0.102. The first-order valence-corrected chi connectivity index (χ1v) is 2.30. The Balaban J connectivity index is 3.22. The van der Waals surface area contributed by atoms with E-state index in [2.05, 4.69) is 4.98 Å². The van der Waals surface area contributed by atoms with Crippen molar-refractivity contribution in [2.75, 3.05) is 0 Å². The minimum atomic E-state index is -0.303. The summed E-state index contributed by atoms with van der Waals surface area (Å²) in [6.07, 6.45) is 1.51. The van der Waals surface area contributed by atoms with E-state index in [4.69, 9.17) is 10.2 Å². The maximum Gasteiger partial charge on any atom is 0.203 e. The van der Waals surface area contributed by atoms with Gasteiger partial charge in [-0.15, -0.1) is 0 Å². The molecule has 0 aromatic carbocycles. The number of aldehydes is 1. The maximum absolute atomic E-state index is 9.97. The average Bonchev–Trinajstić information content (AvgIpc) is 2.12. The summed E-state index contributed by atoms with van der Waals surface area (Å²) in [6.45, 7) is 0. The predicted molar refractivity (Wildman–Crippen MR) is 29.5 cm³/mol. The Kier molecular flexibility index (Phi) is 1.14. The van der Waals surface area contributed by atoms with E-state index in [-0.39, 0.29) is 17.2 Å². The fourth-order valence-corrected chi connectivity index (χ4v) is 0.530. The topological polar surface area (TPSA) is 73.3 Å². The lowest BCUT2D eigenvalue weighted by Crippen LogP contribution is -1.73. The molecule has 0 saturated carbocycles. The van der Waals surface area contributed by atoms with E-state index in [0.717, 1.165) is 6.20 Å². The van der Waals surface area contributed by atoms with Gasteiger partial charge in [0.05, 0.1) is 0 Å². The summed E-state index contributed by atoms with van der Waals surface area (Å²) >= 11 is 0. The molecule has 4 nitrogen and oxygen atoms in total. The zero-order chi connectivity index (χ0) is 6.85. The van der Waals surface area contributed by atoms with Crippen molar-refractivity contribution in [3.8, 4) is 11.6 Å². The Morgan fingerprint density at radius 2 is 2.22 bits per heavy atom. The number of hydrogen-bond acceptors (Lipinski definition) is 3. The Morgan fingerprint density at radius 3 is 2.44 bits per heavy atom. The lowest BCUT2D eigenvalue weighted by Gasteiger charge is -1.83. The molecular weight excluding hydrogens is 122 g/mol. The number of aromatic amines is 1. The maximum atomic E-state index is 9.97. The third-order valence-electron chi connectivity index (χ3n) is 0.995. The monoisotopic (exact) mass is 127 g/mol. The molecule has 1 aromatic heterocycles. The molecule has 0 fully saturated rings. The van der Waals surface area contributed by atoms with Crippen molar-refractivity contribution < 1.29 is 15.0 Å². The van der Waals surface area contributed by atoms with Crippen LogP contribution in [0, 0.1) is 0 Å². The highest BCUT2D eigenvalue weighted by atomic mass is 16.3. The number of aromatic hydroxyl groups is 2. The first-order chi connectivity index (χ1) is 4.25. The molecule has 1 rings (SSSR count). The molecule has 48 valence electrons. The van der Waals surface area contributed by atoms with Crippen molar-refractivity contribution in [2.45, 2.75) is 0 Å². The van der Waals surface area contributed by atoms with Crippen LogP contribution in [0.15, 0.2) is 6.20 Å². The van der Waals surface area contributed by atoms with E-state index >= 15 is 0 Å². The van der Waals surface area contributed by atoms with E-state index < -0.39 is 0 Å². The second-order valence-electron chi connectivity index (χ2n) is 1.55. The molecule has 0 aliphatic heterocycles. The number of nitrogens with one attached hydrogen (secondary N) is 1. The van der Waals surface area contributed by atoms with Gasteiger partial charge in [-0.1, -0.05) is 0 Å². The Bertz CT molecular complexity index is 209. The fraction of sp³-hybridized carbons (Fsp3) is 0. The largest absolute Gasteiger partial charge is 0.505 e. The molecule has 0 aliphatic carbocycles. The molecule has 9 heavy (non-hydrogen) atoms. The van der Waals surface area contributed by atoms with Crippen molar-refractivity contribution in [1.29, 1.82) is 0 Å². The smallest absolute Gasteiger partial charge is 0.203 e.